The molecule has 0 atom stereocenters. The van der Waals surface area contributed by atoms with Crippen molar-refractivity contribution in [2.24, 2.45) is 0 Å². The van der Waals surface area contributed by atoms with Gasteiger partial charge in [0.2, 0.25) is 0 Å². The lowest BCUT2D eigenvalue weighted by Gasteiger charge is -2.01. The molecule has 0 heterocycles. The van der Waals surface area contributed by atoms with Gasteiger partial charge in [-0.1, -0.05) is 18.7 Å². The average Bonchev–Trinajstić information content (AvgIpc) is 2.40. The van der Waals surface area contributed by atoms with Gasteiger partial charge in [0.1, 0.15) is 18.9 Å². The van der Waals surface area contributed by atoms with E-state index in [-0.39, 0.29) is 12.2 Å². The number of hydrogen-bond acceptors (Lipinski definition) is 4. The summed E-state index contributed by atoms with van der Waals surface area (Å²) in [6.07, 6.45) is 8.81. The van der Waals surface area contributed by atoms with Crippen LogP contribution in [0.4, 0.5) is 0 Å². The molecule has 0 aliphatic rings. The van der Waals surface area contributed by atoms with Crippen molar-refractivity contribution in [3.8, 4) is 0 Å². The topological polar surface area (TPSA) is 71.4 Å². The maximum absolute atomic E-state index is 10.8. The predicted molar refractivity (Wildman–Crippen MR) is 73.8 cm³/mol. The van der Waals surface area contributed by atoms with Crippen molar-refractivity contribution < 1.29 is 19.5 Å². The molecule has 0 aromatic heterocycles. The highest BCUT2D eigenvalue weighted by atomic mass is 16.3. The zero-order valence-corrected chi connectivity index (χ0v) is 11.0. The highest BCUT2D eigenvalue weighted by molar-refractivity contribution is 5.75. The molecule has 0 bridgehead atoms. The number of aliphatic hydroxyl groups is 1. The first-order chi connectivity index (χ1) is 9.13. The molecule has 0 unspecified atom stereocenters. The number of aliphatic hydroxyl groups excluding tert-OH is 1. The summed E-state index contributed by atoms with van der Waals surface area (Å²) in [5.74, 6) is -0.000587. The van der Waals surface area contributed by atoms with E-state index < -0.39 is 0 Å². The molecule has 104 valence electrons. The van der Waals surface area contributed by atoms with E-state index in [1.165, 1.54) is 0 Å². The Morgan fingerprint density at radius 2 is 1.53 bits per heavy atom. The fourth-order valence-electron chi connectivity index (χ4n) is 1.44. The zero-order valence-electron chi connectivity index (χ0n) is 11.0. The molecule has 0 amide bonds. The molecule has 1 N–H and O–H groups in total. The Morgan fingerprint density at radius 3 is 2.00 bits per heavy atom. The minimum Gasteiger partial charge on any atom is -0.513 e. The molecular formula is C15H20O4. The third-order valence-electron chi connectivity index (χ3n) is 2.54. The second-order valence-corrected chi connectivity index (χ2v) is 4.16. The van der Waals surface area contributed by atoms with Crippen molar-refractivity contribution in [3.05, 3.63) is 35.6 Å². The molecule has 0 fully saturated rings. The molecule has 0 saturated carbocycles. The van der Waals surface area contributed by atoms with E-state index in [2.05, 4.69) is 6.58 Å². The van der Waals surface area contributed by atoms with Crippen LogP contribution in [0.5, 0.6) is 0 Å². The summed E-state index contributed by atoms with van der Waals surface area (Å²) in [6, 6.07) is 0. The van der Waals surface area contributed by atoms with Crippen LogP contribution >= 0.6 is 0 Å². The Morgan fingerprint density at radius 1 is 0.947 bits per heavy atom. The van der Waals surface area contributed by atoms with Gasteiger partial charge in [0.15, 0.2) is 0 Å². The fourth-order valence-corrected chi connectivity index (χ4v) is 1.44. The van der Waals surface area contributed by atoms with Crippen LogP contribution in [-0.2, 0) is 14.4 Å². The zero-order chi connectivity index (χ0) is 14.5. The van der Waals surface area contributed by atoms with E-state index in [4.69, 9.17) is 5.11 Å². The lowest BCUT2D eigenvalue weighted by atomic mass is 10.0. The van der Waals surface area contributed by atoms with Gasteiger partial charge >= 0.3 is 0 Å². The second kappa shape index (κ2) is 11.1. The fraction of sp³-hybridized carbons (Fsp3) is 0.400. The molecule has 19 heavy (non-hydrogen) atoms. The highest BCUT2D eigenvalue weighted by Gasteiger charge is 2.00. The number of rotatable bonds is 11. The SMILES string of the molecule is C=C(O)C/C=C(\C=O)CC/C(C=O)=C\CCCC=O. The summed E-state index contributed by atoms with van der Waals surface area (Å²) >= 11 is 0. The number of carbonyl (C=O) groups excluding carboxylic acids is 3. The minimum absolute atomic E-state index is 0.000587. The summed E-state index contributed by atoms with van der Waals surface area (Å²) in [4.78, 5) is 31.8. The largest absolute Gasteiger partial charge is 0.513 e. The van der Waals surface area contributed by atoms with Crippen LogP contribution in [0.15, 0.2) is 35.6 Å². The molecule has 0 radical (unpaired) electrons. The molecule has 0 aliphatic heterocycles. The third kappa shape index (κ3) is 9.71. The first-order valence-corrected chi connectivity index (χ1v) is 6.22. The molecule has 4 heteroatoms. The Labute approximate surface area is 113 Å². The molecular weight excluding hydrogens is 244 g/mol. The van der Waals surface area contributed by atoms with Gasteiger partial charge in [0.05, 0.1) is 5.76 Å². The smallest absolute Gasteiger partial charge is 0.145 e. The maximum Gasteiger partial charge on any atom is 0.145 e. The van der Waals surface area contributed by atoms with Crippen molar-refractivity contribution in [2.75, 3.05) is 0 Å². The van der Waals surface area contributed by atoms with E-state index in [0.29, 0.717) is 36.8 Å². The van der Waals surface area contributed by atoms with Crippen LogP contribution in [0, 0.1) is 0 Å². The third-order valence-corrected chi connectivity index (χ3v) is 2.54. The van der Waals surface area contributed by atoms with E-state index in [0.717, 1.165) is 25.3 Å². The van der Waals surface area contributed by atoms with Crippen molar-refractivity contribution in [1.82, 2.24) is 0 Å². The minimum atomic E-state index is -0.000587. The lowest BCUT2D eigenvalue weighted by Crippen LogP contribution is -1.92. The number of allylic oxidation sites excluding steroid dienone is 4. The highest BCUT2D eigenvalue weighted by Crippen LogP contribution is 2.12. The standard InChI is InChI=1S/C15H20O4/c1-13(19)6-7-15(12-18)9-8-14(11-17)5-3-2-4-10-16/h5,7,10-12,19H,1-4,6,8-9H2/b14-5+,15-7-. The van der Waals surface area contributed by atoms with Crippen molar-refractivity contribution in [1.29, 1.82) is 0 Å². The molecule has 0 aromatic rings. The summed E-state index contributed by atoms with van der Waals surface area (Å²) in [6.45, 7) is 3.33. The summed E-state index contributed by atoms with van der Waals surface area (Å²) in [5.41, 5.74) is 1.16. The van der Waals surface area contributed by atoms with Crippen molar-refractivity contribution in [2.45, 2.75) is 38.5 Å². The second-order valence-electron chi connectivity index (χ2n) is 4.16. The van der Waals surface area contributed by atoms with Crippen LogP contribution in [-0.4, -0.2) is 24.0 Å². The van der Waals surface area contributed by atoms with Gasteiger partial charge in [-0.05, 0) is 36.8 Å². The van der Waals surface area contributed by atoms with Crippen LogP contribution < -0.4 is 0 Å². The lowest BCUT2D eigenvalue weighted by molar-refractivity contribution is -0.108. The molecule has 0 saturated heterocycles. The van der Waals surface area contributed by atoms with Gasteiger partial charge in [0.25, 0.3) is 0 Å². The van der Waals surface area contributed by atoms with Crippen LogP contribution in [0.2, 0.25) is 0 Å². The van der Waals surface area contributed by atoms with Crippen molar-refractivity contribution in [3.63, 3.8) is 0 Å². The monoisotopic (exact) mass is 264 g/mol. The van der Waals surface area contributed by atoms with Crippen molar-refractivity contribution >= 4 is 18.9 Å². The van der Waals surface area contributed by atoms with Crippen LogP contribution in [0.1, 0.15) is 38.5 Å². The number of aldehydes is 3. The molecule has 0 aromatic carbocycles. The van der Waals surface area contributed by atoms with E-state index >= 15 is 0 Å². The summed E-state index contributed by atoms with van der Waals surface area (Å²) in [5, 5.41) is 8.94. The van der Waals surface area contributed by atoms with Crippen LogP contribution in [0.25, 0.3) is 0 Å². The van der Waals surface area contributed by atoms with E-state index in [1.54, 1.807) is 12.2 Å². The predicted octanol–water partition coefficient (Wildman–Crippen LogP) is 2.85. The van der Waals surface area contributed by atoms with Crippen LogP contribution in [0.3, 0.4) is 0 Å². The molecule has 0 rings (SSSR count). The molecule has 0 spiro atoms. The first kappa shape index (κ1) is 17.0. The molecule has 0 aliphatic carbocycles. The Bertz CT molecular complexity index is 378. The van der Waals surface area contributed by atoms with Gasteiger partial charge in [0, 0.05) is 12.8 Å². The number of carbonyl (C=O) groups is 3. The average molecular weight is 264 g/mol. The summed E-state index contributed by atoms with van der Waals surface area (Å²) < 4.78 is 0. The Balaban J connectivity index is 4.26. The number of unbranched alkanes of at least 4 members (excludes halogenated alkanes) is 2. The molecule has 4 nitrogen and oxygen atoms in total. The van der Waals surface area contributed by atoms with Gasteiger partial charge < -0.3 is 9.90 Å². The van der Waals surface area contributed by atoms with Gasteiger partial charge in [-0.3, -0.25) is 9.59 Å². The van der Waals surface area contributed by atoms with Gasteiger partial charge in [-0.2, -0.15) is 0 Å². The summed E-state index contributed by atoms with van der Waals surface area (Å²) in [7, 11) is 0. The van der Waals surface area contributed by atoms with Gasteiger partial charge in [-0.25, -0.2) is 0 Å². The Kier molecular flexibility index (Phi) is 9.98. The Hall–Kier alpha value is -1.97. The maximum atomic E-state index is 10.8. The van der Waals surface area contributed by atoms with E-state index in [9.17, 15) is 14.4 Å². The quantitative estimate of drug-likeness (QED) is 0.269. The first-order valence-electron chi connectivity index (χ1n) is 6.22. The normalized spacial score (nSPS) is 12.0. The van der Waals surface area contributed by atoms with E-state index in [1.807, 2.05) is 0 Å². The van der Waals surface area contributed by atoms with Gasteiger partial charge in [-0.15, -0.1) is 0 Å². The number of hydrogen-bond donors (Lipinski definition) is 1.